The van der Waals surface area contributed by atoms with Crippen molar-refractivity contribution in [1.82, 2.24) is 4.90 Å². The van der Waals surface area contributed by atoms with Gasteiger partial charge in [0.15, 0.2) is 0 Å². The predicted octanol–water partition coefficient (Wildman–Crippen LogP) is 2.95. The zero-order chi connectivity index (χ0) is 15.3. The zero-order valence-electron chi connectivity index (χ0n) is 12.5. The van der Waals surface area contributed by atoms with Crippen molar-refractivity contribution in [3.63, 3.8) is 0 Å². The highest BCUT2D eigenvalue weighted by atomic mass is 79.9. The lowest BCUT2D eigenvalue weighted by molar-refractivity contribution is -0.137. The van der Waals surface area contributed by atoms with E-state index in [4.69, 9.17) is 10.5 Å². The van der Waals surface area contributed by atoms with E-state index in [1.165, 1.54) is 6.42 Å². The van der Waals surface area contributed by atoms with E-state index < -0.39 is 5.54 Å². The SMILES string of the molecule is CN(CCOc1ccc(Br)cc1)C(=O)C1(N)CCCCC1. The van der Waals surface area contributed by atoms with Crippen molar-refractivity contribution in [3.8, 4) is 5.75 Å². The number of hydrogen-bond acceptors (Lipinski definition) is 3. The summed E-state index contributed by atoms with van der Waals surface area (Å²) in [4.78, 5) is 14.1. The van der Waals surface area contributed by atoms with Crippen molar-refractivity contribution >= 4 is 21.8 Å². The van der Waals surface area contributed by atoms with Crippen molar-refractivity contribution in [3.05, 3.63) is 28.7 Å². The van der Waals surface area contributed by atoms with Gasteiger partial charge in [0.2, 0.25) is 5.91 Å². The van der Waals surface area contributed by atoms with Crippen molar-refractivity contribution in [2.75, 3.05) is 20.2 Å². The molecule has 4 nitrogen and oxygen atoms in total. The molecule has 0 bridgehead atoms. The van der Waals surface area contributed by atoms with E-state index in [1.807, 2.05) is 24.3 Å². The Morgan fingerprint density at radius 2 is 1.90 bits per heavy atom. The van der Waals surface area contributed by atoms with E-state index >= 15 is 0 Å². The fourth-order valence-corrected chi connectivity index (χ4v) is 2.97. The average molecular weight is 355 g/mol. The summed E-state index contributed by atoms with van der Waals surface area (Å²) < 4.78 is 6.66. The van der Waals surface area contributed by atoms with Crippen molar-refractivity contribution in [2.45, 2.75) is 37.6 Å². The summed E-state index contributed by atoms with van der Waals surface area (Å²) >= 11 is 3.38. The van der Waals surface area contributed by atoms with Gasteiger partial charge in [0.25, 0.3) is 0 Å². The third kappa shape index (κ3) is 4.45. The number of halogens is 1. The van der Waals surface area contributed by atoms with Gasteiger partial charge in [-0.25, -0.2) is 0 Å². The Labute approximate surface area is 134 Å². The first-order chi connectivity index (χ1) is 10.0. The third-order valence-electron chi connectivity index (χ3n) is 4.03. The van der Waals surface area contributed by atoms with Gasteiger partial charge in [-0.2, -0.15) is 0 Å². The number of rotatable bonds is 5. The highest BCUT2D eigenvalue weighted by Gasteiger charge is 2.37. The van der Waals surface area contributed by atoms with Crippen LogP contribution in [0.15, 0.2) is 28.7 Å². The number of likely N-dealkylation sites (N-methyl/N-ethyl adjacent to an activating group) is 1. The van der Waals surface area contributed by atoms with E-state index in [0.29, 0.717) is 13.2 Å². The van der Waals surface area contributed by atoms with Gasteiger partial charge >= 0.3 is 0 Å². The van der Waals surface area contributed by atoms with E-state index in [1.54, 1.807) is 11.9 Å². The number of ether oxygens (including phenoxy) is 1. The molecule has 1 aromatic carbocycles. The molecule has 2 N–H and O–H groups in total. The van der Waals surface area contributed by atoms with Crippen LogP contribution in [0.3, 0.4) is 0 Å². The van der Waals surface area contributed by atoms with Crippen molar-refractivity contribution < 1.29 is 9.53 Å². The van der Waals surface area contributed by atoms with Crippen LogP contribution in [0.5, 0.6) is 5.75 Å². The smallest absolute Gasteiger partial charge is 0.242 e. The van der Waals surface area contributed by atoms with Crippen LogP contribution in [0.2, 0.25) is 0 Å². The highest BCUT2D eigenvalue weighted by molar-refractivity contribution is 9.10. The number of nitrogens with two attached hydrogens (primary N) is 1. The largest absolute Gasteiger partial charge is 0.492 e. The Morgan fingerprint density at radius 3 is 2.52 bits per heavy atom. The van der Waals surface area contributed by atoms with Gasteiger partial charge in [0.05, 0.1) is 12.1 Å². The summed E-state index contributed by atoms with van der Waals surface area (Å²) in [5.74, 6) is 0.848. The van der Waals surface area contributed by atoms with Crippen LogP contribution < -0.4 is 10.5 Å². The lowest BCUT2D eigenvalue weighted by Crippen LogP contribution is -2.55. The Kier molecular flexibility index (Phi) is 5.65. The van der Waals surface area contributed by atoms with Crippen LogP contribution in [0, 0.1) is 0 Å². The molecule has 1 aliphatic rings. The maximum Gasteiger partial charge on any atom is 0.242 e. The molecule has 116 valence electrons. The topological polar surface area (TPSA) is 55.6 Å². The second-order valence-electron chi connectivity index (χ2n) is 5.75. The summed E-state index contributed by atoms with van der Waals surface area (Å²) in [7, 11) is 1.80. The number of hydrogen-bond donors (Lipinski definition) is 1. The fourth-order valence-electron chi connectivity index (χ4n) is 2.71. The molecule has 0 atom stereocenters. The molecule has 5 heteroatoms. The van der Waals surface area contributed by atoms with Crippen LogP contribution in [0.25, 0.3) is 0 Å². The lowest BCUT2D eigenvalue weighted by Gasteiger charge is -2.35. The first-order valence-corrected chi connectivity index (χ1v) is 8.23. The van der Waals surface area contributed by atoms with Gasteiger partial charge in [-0.05, 0) is 37.1 Å². The molecule has 2 rings (SSSR count). The van der Waals surface area contributed by atoms with Crippen LogP contribution in [0.1, 0.15) is 32.1 Å². The summed E-state index contributed by atoms with van der Waals surface area (Å²) in [6, 6.07) is 7.66. The molecule has 0 aliphatic heterocycles. The molecule has 1 aromatic rings. The maximum atomic E-state index is 12.4. The van der Waals surface area contributed by atoms with Crippen LogP contribution >= 0.6 is 15.9 Å². The molecule has 0 spiro atoms. The molecule has 21 heavy (non-hydrogen) atoms. The standard InChI is InChI=1S/C16H23BrN2O2/c1-19(15(20)16(18)9-3-2-4-10-16)11-12-21-14-7-5-13(17)6-8-14/h5-8H,2-4,9-12,18H2,1H3. The third-order valence-corrected chi connectivity index (χ3v) is 4.56. The molecule has 0 saturated heterocycles. The average Bonchev–Trinajstić information content (AvgIpc) is 2.49. The van der Waals surface area contributed by atoms with Gasteiger partial charge in [0, 0.05) is 11.5 Å². The summed E-state index contributed by atoms with van der Waals surface area (Å²) in [6.07, 6.45) is 4.87. The fraction of sp³-hybridized carbons (Fsp3) is 0.562. The Balaban J connectivity index is 1.79. The Bertz CT molecular complexity index is 470. The van der Waals surface area contributed by atoms with Gasteiger partial charge < -0.3 is 15.4 Å². The summed E-state index contributed by atoms with van der Waals surface area (Å²) in [5, 5.41) is 0. The summed E-state index contributed by atoms with van der Waals surface area (Å²) in [6.45, 7) is 1.02. The minimum Gasteiger partial charge on any atom is -0.492 e. The minimum atomic E-state index is -0.662. The first kappa shape index (κ1) is 16.3. The van der Waals surface area contributed by atoms with Crippen molar-refractivity contribution in [1.29, 1.82) is 0 Å². The normalized spacial score (nSPS) is 17.3. The first-order valence-electron chi connectivity index (χ1n) is 7.44. The van der Waals surface area contributed by atoms with Gasteiger partial charge in [-0.15, -0.1) is 0 Å². The Morgan fingerprint density at radius 1 is 1.29 bits per heavy atom. The number of amides is 1. The van der Waals surface area contributed by atoms with E-state index in [-0.39, 0.29) is 5.91 Å². The molecular formula is C16H23BrN2O2. The predicted molar refractivity (Wildman–Crippen MR) is 87.3 cm³/mol. The Hall–Kier alpha value is -1.07. The zero-order valence-corrected chi connectivity index (χ0v) is 14.1. The molecule has 0 unspecified atom stereocenters. The van der Waals surface area contributed by atoms with Crippen LogP contribution in [0.4, 0.5) is 0 Å². The monoisotopic (exact) mass is 354 g/mol. The second-order valence-corrected chi connectivity index (χ2v) is 6.66. The molecule has 0 radical (unpaired) electrons. The molecule has 0 aromatic heterocycles. The number of benzene rings is 1. The van der Waals surface area contributed by atoms with Crippen LogP contribution in [-0.4, -0.2) is 36.5 Å². The maximum absolute atomic E-state index is 12.4. The molecule has 1 amide bonds. The number of carbonyl (C=O) groups is 1. The summed E-state index contributed by atoms with van der Waals surface area (Å²) in [5.41, 5.74) is 5.60. The van der Waals surface area contributed by atoms with E-state index in [2.05, 4.69) is 15.9 Å². The highest BCUT2D eigenvalue weighted by Crippen LogP contribution is 2.27. The molecule has 1 aliphatic carbocycles. The van der Waals surface area contributed by atoms with Crippen LogP contribution in [-0.2, 0) is 4.79 Å². The van der Waals surface area contributed by atoms with Crippen molar-refractivity contribution in [2.24, 2.45) is 5.73 Å². The molecule has 0 heterocycles. The van der Waals surface area contributed by atoms with Gasteiger partial charge in [-0.1, -0.05) is 35.2 Å². The number of carbonyl (C=O) groups excluding carboxylic acids is 1. The second kappa shape index (κ2) is 7.27. The minimum absolute atomic E-state index is 0.0432. The van der Waals surface area contributed by atoms with Gasteiger partial charge in [-0.3, -0.25) is 4.79 Å². The number of nitrogens with zero attached hydrogens (tertiary/aromatic N) is 1. The molecule has 1 fully saturated rings. The lowest BCUT2D eigenvalue weighted by atomic mass is 9.81. The van der Waals surface area contributed by atoms with E-state index in [0.717, 1.165) is 35.9 Å². The molecule has 1 saturated carbocycles. The quantitative estimate of drug-likeness (QED) is 0.884. The molecular weight excluding hydrogens is 332 g/mol. The van der Waals surface area contributed by atoms with E-state index in [9.17, 15) is 4.79 Å². The van der Waals surface area contributed by atoms with Gasteiger partial charge in [0.1, 0.15) is 12.4 Å².